The van der Waals surface area contributed by atoms with Crippen molar-refractivity contribution in [2.75, 3.05) is 13.1 Å². The Morgan fingerprint density at radius 2 is 1.94 bits per heavy atom. The number of hydrogen-bond donors (Lipinski definition) is 1. The molecule has 5 nitrogen and oxygen atoms in total. The van der Waals surface area contributed by atoms with Crippen LogP contribution < -0.4 is 4.74 Å². The van der Waals surface area contributed by atoms with Crippen molar-refractivity contribution >= 4 is 10.9 Å². The summed E-state index contributed by atoms with van der Waals surface area (Å²) >= 11 is 0. The number of halogens is 4. The number of likely N-dealkylation sites (tertiary alicyclic amines) is 1. The summed E-state index contributed by atoms with van der Waals surface area (Å²) in [4.78, 5) is 9.99. The molecule has 0 bridgehead atoms. The van der Waals surface area contributed by atoms with E-state index in [1.54, 1.807) is 17.9 Å². The highest BCUT2D eigenvalue weighted by atomic mass is 19.3. The van der Waals surface area contributed by atoms with Gasteiger partial charge in [0.25, 0.3) is 6.43 Å². The number of aliphatic hydroxyl groups is 1. The normalized spacial score (nSPS) is 20.9. The molecule has 9 heteroatoms. The third-order valence-corrected chi connectivity index (χ3v) is 5.32. The van der Waals surface area contributed by atoms with Gasteiger partial charge in [-0.05, 0) is 50.6 Å². The molecule has 0 aliphatic carbocycles. The monoisotopic (exact) mass is 435 g/mol. The van der Waals surface area contributed by atoms with E-state index in [-0.39, 0.29) is 23.7 Å². The summed E-state index contributed by atoms with van der Waals surface area (Å²) < 4.78 is 60.1. The smallest absolute Gasteiger partial charge is 0.259 e. The first-order valence-electron chi connectivity index (χ1n) is 9.85. The fourth-order valence-corrected chi connectivity index (χ4v) is 3.89. The zero-order valence-corrected chi connectivity index (χ0v) is 16.7. The number of hydrogen-bond acceptors (Lipinski definition) is 5. The molecule has 3 aromatic rings. The van der Waals surface area contributed by atoms with E-state index in [0.717, 1.165) is 12.1 Å². The number of piperidine rings is 1. The van der Waals surface area contributed by atoms with Crippen LogP contribution >= 0.6 is 0 Å². The van der Waals surface area contributed by atoms with Gasteiger partial charge in [0.1, 0.15) is 17.6 Å². The fourth-order valence-electron chi connectivity index (χ4n) is 3.89. The number of nitrogens with zero attached hydrogens (tertiary/aromatic N) is 3. The quantitative estimate of drug-likeness (QED) is 0.581. The predicted octanol–water partition coefficient (Wildman–Crippen LogP) is 4.85. The Hall–Kier alpha value is -2.78. The fraction of sp³-hybridized carbons (Fsp3) is 0.364. The van der Waals surface area contributed by atoms with Gasteiger partial charge in [-0.2, -0.15) is 0 Å². The molecule has 164 valence electrons. The molecule has 3 heterocycles. The van der Waals surface area contributed by atoms with Gasteiger partial charge >= 0.3 is 0 Å². The lowest BCUT2D eigenvalue weighted by molar-refractivity contribution is -0.0628. The lowest BCUT2D eigenvalue weighted by Gasteiger charge is -2.40. The van der Waals surface area contributed by atoms with E-state index in [2.05, 4.69) is 9.97 Å². The molecule has 2 unspecified atom stereocenters. The molecule has 0 amide bonds. The van der Waals surface area contributed by atoms with Crippen molar-refractivity contribution in [3.63, 3.8) is 0 Å². The zero-order valence-electron chi connectivity index (χ0n) is 16.7. The Bertz CT molecular complexity index is 1090. The maximum atomic E-state index is 13.9. The first-order valence-corrected chi connectivity index (χ1v) is 9.85. The van der Waals surface area contributed by atoms with E-state index >= 15 is 0 Å². The highest BCUT2D eigenvalue weighted by molar-refractivity contribution is 5.79. The van der Waals surface area contributed by atoms with Crippen LogP contribution in [0.3, 0.4) is 0 Å². The van der Waals surface area contributed by atoms with Crippen molar-refractivity contribution in [3.05, 3.63) is 60.1 Å². The standard InChI is InChI=1S/C22H21F4N3O2/c1-22(30)5-2-6-29(12-22)20(21(25)26)18-9-17-13(10-27-18)7-15(11-28-17)31-19-4-3-14(23)8-16(19)24/h3-4,7-11,20-21,30H,2,5-6,12H2,1H3. The molecular formula is C22H21F4N3O2. The Morgan fingerprint density at radius 1 is 1.13 bits per heavy atom. The van der Waals surface area contributed by atoms with Gasteiger partial charge in [-0.1, -0.05) is 0 Å². The summed E-state index contributed by atoms with van der Waals surface area (Å²) in [6, 6.07) is 4.71. The van der Waals surface area contributed by atoms with Crippen LogP contribution in [-0.4, -0.2) is 45.1 Å². The van der Waals surface area contributed by atoms with Crippen molar-refractivity contribution in [1.82, 2.24) is 14.9 Å². The van der Waals surface area contributed by atoms with Gasteiger partial charge in [0.05, 0.1) is 23.0 Å². The largest absolute Gasteiger partial charge is 0.453 e. The van der Waals surface area contributed by atoms with Crippen LogP contribution in [-0.2, 0) is 0 Å². The Labute approximate surface area is 176 Å². The van der Waals surface area contributed by atoms with E-state index in [1.807, 2.05) is 0 Å². The van der Waals surface area contributed by atoms with Gasteiger partial charge in [-0.15, -0.1) is 0 Å². The highest BCUT2D eigenvalue weighted by Gasteiger charge is 2.37. The maximum Gasteiger partial charge on any atom is 0.259 e. The van der Waals surface area contributed by atoms with Crippen molar-refractivity contribution in [2.24, 2.45) is 0 Å². The van der Waals surface area contributed by atoms with Crippen LogP contribution in [0.2, 0.25) is 0 Å². The SMILES string of the molecule is CC1(O)CCCN(C(c2cc3ncc(Oc4ccc(F)cc4F)cc3cn2)C(F)F)C1. The number of ether oxygens (including phenoxy) is 1. The molecule has 0 saturated carbocycles. The Morgan fingerprint density at radius 3 is 2.65 bits per heavy atom. The van der Waals surface area contributed by atoms with E-state index in [0.29, 0.717) is 36.4 Å². The lowest BCUT2D eigenvalue weighted by Crippen LogP contribution is -2.49. The number of aromatic nitrogens is 2. The third-order valence-electron chi connectivity index (χ3n) is 5.32. The van der Waals surface area contributed by atoms with Gasteiger partial charge in [0, 0.05) is 24.2 Å². The second-order valence-electron chi connectivity index (χ2n) is 8.00. The van der Waals surface area contributed by atoms with E-state index in [4.69, 9.17) is 4.74 Å². The summed E-state index contributed by atoms with van der Waals surface area (Å²) in [6.07, 6.45) is 1.22. The van der Waals surface area contributed by atoms with Crippen LogP contribution in [0.25, 0.3) is 10.9 Å². The van der Waals surface area contributed by atoms with Crippen molar-refractivity contribution in [3.8, 4) is 11.5 Å². The van der Waals surface area contributed by atoms with Gasteiger partial charge in [0.15, 0.2) is 11.6 Å². The Kier molecular flexibility index (Phi) is 5.81. The third kappa shape index (κ3) is 4.77. The summed E-state index contributed by atoms with van der Waals surface area (Å²) in [6.45, 7) is 2.21. The predicted molar refractivity (Wildman–Crippen MR) is 106 cm³/mol. The van der Waals surface area contributed by atoms with Crippen LogP contribution in [0.15, 0.2) is 42.7 Å². The highest BCUT2D eigenvalue weighted by Crippen LogP contribution is 2.33. The minimum Gasteiger partial charge on any atom is -0.453 e. The second kappa shape index (κ2) is 8.39. The number of β-amino-alcohol motifs (C(OH)–C–C–N with tert-alkyl or cyclic N) is 1. The molecule has 1 N–H and O–H groups in total. The van der Waals surface area contributed by atoms with Gasteiger partial charge < -0.3 is 9.84 Å². The molecule has 2 atom stereocenters. The van der Waals surface area contributed by atoms with Crippen molar-refractivity contribution in [2.45, 2.75) is 37.8 Å². The molecule has 31 heavy (non-hydrogen) atoms. The van der Waals surface area contributed by atoms with Gasteiger partial charge in [0.2, 0.25) is 0 Å². The van der Waals surface area contributed by atoms with E-state index in [9.17, 15) is 22.7 Å². The minimum absolute atomic E-state index is 0.130. The van der Waals surface area contributed by atoms with Crippen molar-refractivity contribution < 1.29 is 27.4 Å². The second-order valence-corrected chi connectivity index (χ2v) is 8.00. The number of pyridine rings is 2. The number of alkyl halides is 2. The van der Waals surface area contributed by atoms with Crippen LogP contribution in [0.4, 0.5) is 17.6 Å². The molecule has 1 aromatic carbocycles. The molecule has 1 aliphatic rings. The average molecular weight is 435 g/mol. The summed E-state index contributed by atoms with van der Waals surface area (Å²) in [5.41, 5.74) is -0.445. The molecule has 4 rings (SSSR count). The maximum absolute atomic E-state index is 13.9. The van der Waals surface area contributed by atoms with E-state index in [1.165, 1.54) is 18.5 Å². The van der Waals surface area contributed by atoms with E-state index < -0.39 is 29.7 Å². The topological polar surface area (TPSA) is 58.5 Å². The first-order chi connectivity index (χ1) is 14.7. The van der Waals surface area contributed by atoms with Crippen molar-refractivity contribution in [1.29, 1.82) is 0 Å². The summed E-state index contributed by atoms with van der Waals surface area (Å²) in [5.74, 6) is -1.54. The zero-order chi connectivity index (χ0) is 22.2. The first kappa shape index (κ1) is 21.5. The van der Waals surface area contributed by atoms with Crippen LogP contribution in [0.5, 0.6) is 11.5 Å². The summed E-state index contributed by atoms with van der Waals surface area (Å²) in [7, 11) is 0. The number of fused-ring (bicyclic) bond motifs is 1. The molecule has 1 aliphatic heterocycles. The van der Waals surface area contributed by atoms with Crippen LogP contribution in [0, 0.1) is 11.6 Å². The van der Waals surface area contributed by atoms with Gasteiger partial charge in [-0.3, -0.25) is 14.9 Å². The van der Waals surface area contributed by atoms with Gasteiger partial charge in [-0.25, -0.2) is 17.6 Å². The number of rotatable bonds is 5. The Balaban J connectivity index is 1.61. The molecule has 0 spiro atoms. The summed E-state index contributed by atoms with van der Waals surface area (Å²) in [5, 5.41) is 10.8. The molecule has 1 fully saturated rings. The molecule has 1 saturated heterocycles. The average Bonchev–Trinajstić information content (AvgIpc) is 2.69. The molecular weight excluding hydrogens is 414 g/mol. The minimum atomic E-state index is -2.69. The molecule has 0 radical (unpaired) electrons. The molecule has 2 aromatic heterocycles. The lowest BCUT2D eigenvalue weighted by atomic mass is 9.93. The van der Waals surface area contributed by atoms with Crippen LogP contribution in [0.1, 0.15) is 31.5 Å². The number of benzene rings is 1.